The zero-order chi connectivity index (χ0) is 10.8. The molecule has 1 fully saturated rings. The standard InChI is InChI=1S/C11H14N2O2/c1-8-2-3-9(6-12-8)11(15)13-5-4-10(14)7-13/h2-3,6,10,14H,4-5,7H2,1H3/t10-/m0/s1. The molecule has 1 aliphatic rings. The summed E-state index contributed by atoms with van der Waals surface area (Å²) in [4.78, 5) is 17.6. The highest BCUT2D eigenvalue weighted by Crippen LogP contribution is 2.12. The summed E-state index contributed by atoms with van der Waals surface area (Å²) in [7, 11) is 0. The molecule has 15 heavy (non-hydrogen) atoms. The van der Waals surface area contributed by atoms with Gasteiger partial charge < -0.3 is 10.0 Å². The molecule has 0 saturated carbocycles. The fourth-order valence-corrected chi connectivity index (χ4v) is 1.70. The van der Waals surface area contributed by atoms with E-state index in [0.717, 1.165) is 5.69 Å². The molecule has 0 radical (unpaired) electrons. The van der Waals surface area contributed by atoms with Gasteiger partial charge in [-0.2, -0.15) is 0 Å². The molecular formula is C11H14N2O2. The summed E-state index contributed by atoms with van der Waals surface area (Å²) in [6.07, 6.45) is 1.89. The molecule has 0 aliphatic carbocycles. The molecular weight excluding hydrogens is 192 g/mol. The predicted octanol–water partition coefficient (Wildman–Crippen LogP) is 0.597. The van der Waals surface area contributed by atoms with Crippen molar-refractivity contribution in [3.8, 4) is 0 Å². The van der Waals surface area contributed by atoms with Crippen LogP contribution in [0.4, 0.5) is 0 Å². The lowest BCUT2D eigenvalue weighted by Crippen LogP contribution is -2.29. The van der Waals surface area contributed by atoms with Crippen molar-refractivity contribution in [3.63, 3.8) is 0 Å². The average Bonchev–Trinajstić information content (AvgIpc) is 2.65. The van der Waals surface area contributed by atoms with Crippen LogP contribution in [0.3, 0.4) is 0 Å². The Hall–Kier alpha value is -1.42. The van der Waals surface area contributed by atoms with Gasteiger partial charge >= 0.3 is 0 Å². The van der Waals surface area contributed by atoms with Gasteiger partial charge in [0.1, 0.15) is 0 Å². The number of hydrogen-bond donors (Lipinski definition) is 1. The summed E-state index contributed by atoms with van der Waals surface area (Å²) in [6.45, 7) is 2.95. The smallest absolute Gasteiger partial charge is 0.255 e. The van der Waals surface area contributed by atoms with Crippen molar-refractivity contribution in [2.45, 2.75) is 19.4 Å². The molecule has 4 nitrogen and oxygen atoms in total. The number of hydrogen-bond acceptors (Lipinski definition) is 3. The lowest BCUT2D eigenvalue weighted by atomic mass is 10.2. The quantitative estimate of drug-likeness (QED) is 0.732. The number of rotatable bonds is 1. The minimum Gasteiger partial charge on any atom is -0.391 e. The van der Waals surface area contributed by atoms with Crippen molar-refractivity contribution in [3.05, 3.63) is 29.6 Å². The summed E-state index contributed by atoms with van der Waals surface area (Å²) >= 11 is 0. The minimum atomic E-state index is -0.368. The topological polar surface area (TPSA) is 53.4 Å². The maximum Gasteiger partial charge on any atom is 0.255 e. The first-order valence-corrected chi connectivity index (χ1v) is 5.07. The number of pyridine rings is 1. The van der Waals surface area contributed by atoms with E-state index in [2.05, 4.69) is 4.98 Å². The third-order valence-corrected chi connectivity index (χ3v) is 2.61. The number of likely N-dealkylation sites (tertiary alicyclic amines) is 1. The van der Waals surface area contributed by atoms with Crippen LogP contribution in [-0.2, 0) is 0 Å². The second-order valence-electron chi connectivity index (χ2n) is 3.88. The number of β-amino-alcohol motifs (C(OH)–C–C–N with tert-alkyl or cyclic N) is 1. The Balaban J connectivity index is 2.11. The van der Waals surface area contributed by atoms with Crippen LogP contribution in [0.2, 0.25) is 0 Å². The van der Waals surface area contributed by atoms with Crippen LogP contribution in [0.1, 0.15) is 22.5 Å². The van der Waals surface area contributed by atoms with Crippen molar-refractivity contribution >= 4 is 5.91 Å². The van der Waals surface area contributed by atoms with E-state index in [9.17, 15) is 9.90 Å². The van der Waals surface area contributed by atoms with Crippen molar-refractivity contribution < 1.29 is 9.90 Å². The van der Waals surface area contributed by atoms with Crippen molar-refractivity contribution in [2.24, 2.45) is 0 Å². The molecule has 0 aromatic carbocycles. The largest absolute Gasteiger partial charge is 0.391 e. The second-order valence-corrected chi connectivity index (χ2v) is 3.88. The highest BCUT2D eigenvalue weighted by Gasteiger charge is 2.25. The minimum absolute atomic E-state index is 0.0425. The number of aromatic nitrogens is 1. The molecule has 4 heteroatoms. The van der Waals surface area contributed by atoms with Crippen LogP contribution in [0.5, 0.6) is 0 Å². The zero-order valence-corrected chi connectivity index (χ0v) is 8.68. The number of aryl methyl sites for hydroxylation is 1. The lowest BCUT2D eigenvalue weighted by Gasteiger charge is -2.15. The Morgan fingerprint density at radius 1 is 1.60 bits per heavy atom. The van der Waals surface area contributed by atoms with Gasteiger partial charge in [0.05, 0.1) is 11.7 Å². The molecule has 1 amide bonds. The van der Waals surface area contributed by atoms with E-state index in [-0.39, 0.29) is 12.0 Å². The number of aliphatic hydroxyl groups is 1. The van der Waals surface area contributed by atoms with Gasteiger partial charge in [-0.15, -0.1) is 0 Å². The Labute approximate surface area is 88.6 Å². The molecule has 1 N–H and O–H groups in total. The molecule has 0 unspecified atom stereocenters. The van der Waals surface area contributed by atoms with E-state index in [1.165, 1.54) is 0 Å². The number of carbonyl (C=O) groups excluding carboxylic acids is 1. The van der Waals surface area contributed by atoms with Crippen LogP contribution in [0, 0.1) is 6.92 Å². The maximum atomic E-state index is 11.9. The van der Waals surface area contributed by atoms with Crippen LogP contribution in [-0.4, -0.2) is 40.1 Å². The average molecular weight is 206 g/mol. The Bertz CT molecular complexity index is 361. The number of nitrogens with zero attached hydrogens (tertiary/aromatic N) is 2. The van der Waals surface area contributed by atoms with Crippen LogP contribution in [0.25, 0.3) is 0 Å². The molecule has 0 bridgehead atoms. The Morgan fingerprint density at radius 2 is 2.40 bits per heavy atom. The predicted molar refractivity (Wildman–Crippen MR) is 55.5 cm³/mol. The van der Waals surface area contributed by atoms with Crippen molar-refractivity contribution in [1.82, 2.24) is 9.88 Å². The zero-order valence-electron chi connectivity index (χ0n) is 8.68. The third-order valence-electron chi connectivity index (χ3n) is 2.61. The molecule has 1 aliphatic heterocycles. The molecule has 2 heterocycles. The highest BCUT2D eigenvalue weighted by molar-refractivity contribution is 5.94. The first-order valence-electron chi connectivity index (χ1n) is 5.07. The third kappa shape index (κ3) is 2.15. The maximum absolute atomic E-state index is 11.9. The van der Waals surface area contributed by atoms with E-state index in [1.54, 1.807) is 17.2 Å². The number of amides is 1. The van der Waals surface area contributed by atoms with E-state index >= 15 is 0 Å². The van der Waals surface area contributed by atoms with Gasteiger partial charge in [0.15, 0.2) is 0 Å². The van der Waals surface area contributed by atoms with Crippen LogP contribution < -0.4 is 0 Å². The highest BCUT2D eigenvalue weighted by atomic mass is 16.3. The van der Waals surface area contributed by atoms with Gasteiger partial charge in [0.2, 0.25) is 0 Å². The molecule has 1 aromatic rings. The number of aliphatic hydroxyl groups excluding tert-OH is 1. The molecule has 1 aromatic heterocycles. The SMILES string of the molecule is Cc1ccc(C(=O)N2CC[C@H](O)C2)cn1. The van der Waals surface area contributed by atoms with E-state index in [4.69, 9.17) is 0 Å². The molecule has 80 valence electrons. The van der Waals surface area contributed by atoms with E-state index in [1.807, 2.05) is 13.0 Å². The van der Waals surface area contributed by atoms with Crippen LogP contribution in [0.15, 0.2) is 18.3 Å². The summed E-state index contributed by atoms with van der Waals surface area (Å²) in [5.41, 5.74) is 1.49. The fraction of sp³-hybridized carbons (Fsp3) is 0.455. The molecule has 0 spiro atoms. The first kappa shape index (κ1) is 10.1. The normalized spacial score (nSPS) is 20.7. The monoisotopic (exact) mass is 206 g/mol. The second kappa shape index (κ2) is 3.98. The van der Waals surface area contributed by atoms with Gasteiger partial charge in [-0.3, -0.25) is 9.78 Å². The molecule has 2 rings (SSSR count). The van der Waals surface area contributed by atoms with Gasteiger partial charge in [0.25, 0.3) is 5.91 Å². The van der Waals surface area contributed by atoms with E-state index in [0.29, 0.717) is 25.1 Å². The fourth-order valence-electron chi connectivity index (χ4n) is 1.70. The van der Waals surface area contributed by atoms with Gasteiger partial charge in [-0.05, 0) is 25.5 Å². The Kier molecular flexibility index (Phi) is 2.68. The lowest BCUT2D eigenvalue weighted by molar-refractivity contribution is 0.0764. The van der Waals surface area contributed by atoms with Crippen LogP contribution >= 0.6 is 0 Å². The van der Waals surface area contributed by atoms with E-state index < -0.39 is 0 Å². The van der Waals surface area contributed by atoms with Gasteiger partial charge in [-0.1, -0.05) is 0 Å². The van der Waals surface area contributed by atoms with Crippen molar-refractivity contribution in [1.29, 1.82) is 0 Å². The summed E-state index contributed by atoms with van der Waals surface area (Å²) < 4.78 is 0. The van der Waals surface area contributed by atoms with Crippen molar-refractivity contribution in [2.75, 3.05) is 13.1 Å². The molecule has 1 atom stereocenters. The van der Waals surface area contributed by atoms with Gasteiger partial charge in [0, 0.05) is 25.0 Å². The summed E-state index contributed by atoms with van der Waals surface area (Å²) in [6, 6.07) is 3.59. The molecule has 1 saturated heterocycles. The first-order chi connectivity index (χ1) is 7.16. The van der Waals surface area contributed by atoms with Gasteiger partial charge in [-0.25, -0.2) is 0 Å². The summed E-state index contributed by atoms with van der Waals surface area (Å²) in [5, 5.41) is 9.33. The summed E-state index contributed by atoms with van der Waals surface area (Å²) in [5.74, 6) is -0.0425. The Morgan fingerprint density at radius 3 is 2.93 bits per heavy atom. The number of carbonyl (C=O) groups is 1.